The first-order chi connectivity index (χ1) is 11.7. The molecule has 2 aromatic rings. The number of hydrogen-bond donors (Lipinski definition) is 1. The number of aromatic nitrogens is 2. The van der Waals surface area contributed by atoms with Gasteiger partial charge in [0.1, 0.15) is 0 Å². The molecule has 0 aliphatic carbocycles. The summed E-state index contributed by atoms with van der Waals surface area (Å²) in [6.45, 7) is 7.38. The van der Waals surface area contributed by atoms with Crippen molar-refractivity contribution in [2.75, 3.05) is 26.2 Å². The number of nitrogens with one attached hydrogen (secondary N) is 1. The van der Waals surface area contributed by atoms with Gasteiger partial charge in [-0.2, -0.15) is 4.31 Å². The average molecular weight is 364 g/mol. The molecule has 0 spiro atoms. The molecule has 1 aliphatic heterocycles. The van der Waals surface area contributed by atoms with Gasteiger partial charge in [-0.3, -0.25) is 4.79 Å². The lowest BCUT2D eigenvalue weighted by atomic mass is 9.94. The standard InChI is InChI=1S/C17H24N4O3S/c1-17(2,3)16(22)20-7-4-8-21(10-9-20)25(23,24)13-5-6-14-15(11-13)19-12-18-14/h5-6,11-12H,4,7-10H2,1-3H3,(H,18,19). The highest BCUT2D eigenvalue weighted by Gasteiger charge is 2.32. The SMILES string of the molecule is CC(C)(C)C(=O)N1CCCN(S(=O)(=O)c2ccc3nc[nH]c3c2)CC1. The van der Waals surface area contributed by atoms with Crippen molar-refractivity contribution in [1.29, 1.82) is 0 Å². The Morgan fingerprint density at radius 1 is 1.16 bits per heavy atom. The second-order valence-corrected chi connectivity index (χ2v) is 9.32. The quantitative estimate of drug-likeness (QED) is 0.881. The van der Waals surface area contributed by atoms with Crippen molar-refractivity contribution in [2.24, 2.45) is 5.41 Å². The first-order valence-corrected chi connectivity index (χ1v) is 9.86. The van der Waals surface area contributed by atoms with Gasteiger partial charge in [-0.05, 0) is 24.6 Å². The zero-order valence-electron chi connectivity index (χ0n) is 14.8. The fourth-order valence-corrected chi connectivity index (χ4v) is 4.53. The number of H-pyrrole nitrogens is 1. The molecule has 1 aliphatic rings. The van der Waals surface area contributed by atoms with Gasteiger partial charge in [0.15, 0.2) is 0 Å². The number of fused-ring (bicyclic) bond motifs is 1. The summed E-state index contributed by atoms with van der Waals surface area (Å²) in [6.07, 6.45) is 2.18. The van der Waals surface area contributed by atoms with Gasteiger partial charge >= 0.3 is 0 Å². The maximum absolute atomic E-state index is 13.0. The van der Waals surface area contributed by atoms with E-state index in [0.29, 0.717) is 38.1 Å². The van der Waals surface area contributed by atoms with E-state index in [2.05, 4.69) is 9.97 Å². The van der Waals surface area contributed by atoms with E-state index in [-0.39, 0.29) is 10.8 Å². The summed E-state index contributed by atoms with van der Waals surface area (Å²) in [5.74, 6) is 0.0608. The Labute approximate surface area is 148 Å². The van der Waals surface area contributed by atoms with Gasteiger partial charge in [0, 0.05) is 31.6 Å². The number of amides is 1. The van der Waals surface area contributed by atoms with Crippen molar-refractivity contribution in [1.82, 2.24) is 19.2 Å². The minimum absolute atomic E-state index is 0.0608. The summed E-state index contributed by atoms with van der Waals surface area (Å²) in [6, 6.07) is 4.90. The minimum Gasteiger partial charge on any atom is -0.345 e. The first kappa shape index (κ1) is 17.9. The Hall–Kier alpha value is -1.93. The Bertz CT molecular complexity index is 883. The predicted octanol–water partition coefficient (Wildman–Crippen LogP) is 1.83. The largest absolute Gasteiger partial charge is 0.345 e. The monoisotopic (exact) mass is 364 g/mol. The zero-order chi connectivity index (χ0) is 18.2. The first-order valence-electron chi connectivity index (χ1n) is 8.42. The molecule has 3 rings (SSSR count). The fourth-order valence-electron chi connectivity index (χ4n) is 3.04. The topological polar surface area (TPSA) is 86.4 Å². The number of imidazole rings is 1. The number of aromatic amines is 1. The van der Waals surface area contributed by atoms with Gasteiger partial charge in [0.2, 0.25) is 15.9 Å². The van der Waals surface area contributed by atoms with Gasteiger partial charge in [-0.15, -0.1) is 0 Å². The Kier molecular flexibility index (Phi) is 4.59. The van der Waals surface area contributed by atoms with E-state index in [4.69, 9.17) is 0 Å². The number of sulfonamides is 1. The third kappa shape index (κ3) is 3.55. The van der Waals surface area contributed by atoms with Crippen molar-refractivity contribution < 1.29 is 13.2 Å². The van der Waals surface area contributed by atoms with Gasteiger partial charge in [-0.1, -0.05) is 20.8 Å². The van der Waals surface area contributed by atoms with Crippen LogP contribution in [0.4, 0.5) is 0 Å². The van der Waals surface area contributed by atoms with Crippen LogP contribution < -0.4 is 0 Å². The van der Waals surface area contributed by atoms with Gasteiger partial charge in [0.05, 0.1) is 22.3 Å². The lowest BCUT2D eigenvalue weighted by molar-refractivity contribution is -0.139. The van der Waals surface area contributed by atoms with Crippen LogP contribution in [0.1, 0.15) is 27.2 Å². The molecule has 0 radical (unpaired) electrons. The number of benzene rings is 1. The number of hydrogen-bond acceptors (Lipinski definition) is 4. The second-order valence-electron chi connectivity index (χ2n) is 7.38. The zero-order valence-corrected chi connectivity index (χ0v) is 15.6. The second kappa shape index (κ2) is 6.42. The van der Waals surface area contributed by atoms with E-state index >= 15 is 0 Å². The molecule has 25 heavy (non-hydrogen) atoms. The Balaban J connectivity index is 1.80. The van der Waals surface area contributed by atoms with Gasteiger partial charge < -0.3 is 9.88 Å². The Morgan fingerprint density at radius 3 is 2.64 bits per heavy atom. The van der Waals surface area contributed by atoms with Crippen LogP contribution in [0.5, 0.6) is 0 Å². The normalized spacial score (nSPS) is 17.6. The van der Waals surface area contributed by atoms with Crippen LogP contribution >= 0.6 is 0 Å². The third-order valence-corrected chi connectivity index (χ3v) is 6.31. The molecule has 1 N–H and O–H groups in total. The molecule has 1 aromatic carbocycles. The van der Waals surface area contributed by atoms with Crippen molar-refractivity contribution in [3.05, 3.63) is 24.5 Å². The highest BCUT2D eigenvalue weighted by Crippen LogP contribution is 2.23. The number of rotatable bonds is 2. The highest BCUT2D eigenvalue weighted by atomic mass is 32.2. The molecule has 0 atom stereocenters. The third-order valence-electron chi connectivity index (χ3n) is 4.41. The summed E-state index contributed by atoms with van der Waals surface area (Å²) < 4.78 is 27.4. The molecule has 0 bridgehead atoms. The lowest BCUT2D eigenvalue weighted by Crippen LogP contribution is -2.42. The fraction of sp³-hybridized carbons (Fsp3) is 0.529. The molecule has 0 unspecified atom stereocenters. The van der Waals surface area contributed by atoms with E-state index < -0.39 is 15.4 Å². The molecule has 1 aromatic heterocycles. The smallest absolute Gasteiger partial charge is 0.243 e. The van der Waals surface area contributed by atoms with Crippen LogP contribution in [0, 0.1) is 5.41 Å². The maximum atomic E-state index is 13.0. The Morgan fingerprint density at radius 2 is 1.92 bits per heavy atom. The predicted molar refractivity (Wildman–Crippen MR) is 95.5 cm³/mol. The van der Waals surface area contributed by atoms with E-state index in [1.54, 1.807) is 29.4 Å². The molecular weight excluding hydrogens is 340 g/mol. The van der Waals surface area contributed by atoms with Crippen molar-refractivity contribution in [2.45, 2.75) is 32.1 Å². The summed E-state index contributed by atoms with van der Waals surface area (Å²) in [7, 11) is -3.59. The van der Waals surface area contributed by atoms with Crippen LogP contribution in [0.15, 0.2) is 29.4 Å². The van der Waals surface area contributed by atoms with E-state index in [1.807, 2.05) is 20.8 Å². The molecule has 1 saturated heterocycles. The van der Waals surface area contributed by atoms with Crippen LogP contribution in [-0.2, 0) is 14.8 Å². The lowest BCUT2D eigenvalue weighted by Gasteiger charge is -2.28. The highest BCUT2D eigenvalue weighted by molar-refractivity contribution is 7.89. The summed E-state index contributed by atoms with van der Waals surface area (Å²) in [5.41, 5.74) is 0.969. The molecule has 1 amide bonds. The van der Waals surface area contributed by atoms with E-state index in [0.717, 1.165) is 5.52 Å². The van der Waals surface area contributed by atoms with E-state index in [9.17, 15) is 13.2 Å². The van der Waals surface area contributed by atoms with Crippen molar-refractivity contribution in [3.63, 3.8) is 0 Å². The number of nitrogens with zero attached hydrogens (tertiary/aromatic N) is 3. The molecule has 8 heteroatoms. The number of carbonyl (C=O) groups is 1. The summed E-state index contributed by atoms with van der Waals surface area (Å²) in [4.78, 5) is 21.5. The molecule has 0 saturated carbocycles. The van der Waals surface area contributed by atoms with Gasteiger partial charge in [-0.25, -0.2) is 13.4 Å². The minimum atomic E-state index is -3.59. The maximum Gasteiger partial charge on any atom is 0.243 e. The molecule has 2 heterocycles. The van der Waals surface area contributed by atoms with Crippen LogP contribution in [0.3, 0.4) is 0 Å². The van der Waals surface area contributed by atoms with Crippen LogP contribution in [0.2, 0.25) is 0 Å². The van der Waals surface area contributed by atoms with E-state index in [1.165, 1.54) is 4.31 Å². The van der Waals surface area contributed by atoms with Crippen LogP contribution in [-0.4, -0.2) is 59.7 Å². The molecule has 7 nitrogen and oxygen atoms in total. The van der Waals surface area contributed by atoms with Gasteiger partial charge in [0.25, 0.3) is 0 Å². The van der Waals surface area contributed by atoms with Crippen molar-refractivity contribution >= 4 is 27.0 Å². The summed E-state index contributed by atoms with van der Waals surface area (Å²) in [5, 5.41) is 0. The molecule has 136 valence electrons. The molecular formula is C17H24N4O3S. The molecule has 1 fully saturated rings. The average Bonchev–Trinajstić information content (AvgIpc) is 2.87. The van der Waals surface area contributed by atoms with Crippen LogP contribution in [0.25, 0.3) is 11.0 Å². The summed E-state index contributed by atoms with van der Waals surface area (Å²) >= 11 is 0. The number of carbonyl (C=O) groups excluding carboxylic acids is 1. The van der Waals surface area contributed by atoms with Crippen molar-refractivity contribution in [3.8, 4) is 0 Å².